The fourth-order valence-corrected chi connectivity index (χ4v) is 7.27. The molecule has 34 heavy (non-hydrogen) atoms. The molecule has 0 amide bonds. The molecule has 0 aliphatic rings. The third kappa shape index (κ3) is 4.30. The van der Waals surface area contributed by atoms with Gasteiger partial charge in [0.2, 0.25) is 0 Å². The van der Waals surface area contributed by atoms with E-state index >= 15 is 0 Å². The fraction of sp³-hybridized carbons (Fsp3) is 0.0800. The number of ether oxygens (including phenoxy) is 1. The van der Waals surface area contributed by atoms with Crippen molar-refractivity contribution in [1.82, 2.24) is 4.98 Å². The van der Waals surface area contributed by atoms with Gasteiger partial charge in [-0.05, 0) is 60.3 Å². The summed E-state index contributed by atoms with van der Waals surface area (Å²) >= 11 is 9.23. The second-order valence-electron chi connectivity index (χ2n) is 7.57. The molecule has 3 heterocycles. The molecule has 0 spiro atoms. The third-order valence-corrected chi connectivity index (χ3v) is 8.98. The Kier molecular flexibility index (Phi) is 6.07. The lowest BCUT2D eigenvalue weighted by Gasteiger charge is -2.13. The van der Waals surface area contributed by atoms with E-state index in [1.807, 2.05) is 42.6 Å². The lowest BCUT2D eigenvalue weighted by molar-refractivity contribution is 0.415. The molecule has 9 heteroatoms. The minimum Gasteiger partial charge on any atom is -0.497 e. The molecule has 0 radical (unpaired) electrons. The van der Waals surface area contributed by atoms with Crippen LogP contribution in [-0.2, 0) is 10.0 Å². The molecule has 172 valence electrons. The summed E-state index contributed by atoms with van der Waals surface area (Å²) in [5.74, 6) is 0.718. The highest BCUT2D eigenvalue weighted by atomic mass is 35.5. The number of hydrogen-bond acceptors (Lipinski definition) is 6. The maximum Gasteiger partial charge on any atom is 0.261 e. The number of hydrogen-bond donors (Lipinski definition) is 1. The maximum absolute atomic E-state index is 13.3. The Labute approximate surface area is 210 Å². The van der Waals surface area contributed by atoms with Gasteiger partial charge in [-0.2, -0.15) is 0 Å². The van der Waals surface area contributed by atoms with Gasteiger partial charge in [0.1, 0.15) is 10.6 Å². The van der Waals surface area contributed by atoms with Gasteiger partial charge in [-0.15, -0.1) is 22.7 Å². The molecule has 0 saturated heterocycles. The van der Waals surface area contributed by atoms with Crippen LogP contribution in [0.4, 0.5) is 5.69 Å². The predicted molar refractivity (Wildman–Crippen MR) is 142 cm³/mol. The van der Waals surface area contributed by atoms with Crippen LogP contribution in [0.1, 0.15) is 5.69 Å². The standard InChI is InChI=1S/C25H19ClN2O3S3/c1-15-12-20(28-34(29,30)19-9-4-7-17(26)14-19)23-22(16-6-3-8-18(13-16)31-2)24(33-25(23)27-15)21-10-5-11-32-21/h3-14H,1-2H3,(H,27,28). The molecule has 5 nitrogen and oxygen atoms in total. The van der Waals surface area contributed by atoms with Crippen LogP contribution in [-0.4, -0.2) is 20.5 Å². The Morgan fingerprint density at radius 2 is 1.85 bits per heavy atom. The van der Waals surface area contributed by atoms with Gasteiger partial charge < -0.3 is 4.74 Å². The van der Waals surface area contributed by atoms with E-state index in [1.165, 1.54) is 12.1 Å². The number of sulfonamides is 1. The summed E-state index contributed by atoms with van der Waals surface area (Å²) < 4.78 is 34.8. The summed E-state index contributed by atoms with van der Waals surface area (Å²) in [6.45, 7) is 1.85. The zero-order chi connectivity index (χ0) is 23.9. The van der Waals surface area contributed by atoms with Crippen molar-refractivity contribution in [1.29, 1.82) is 0 Å². The van der Waals surface area contributed by atoms with E-state index in [0.29, 0.717) is 16.4 Å². The SMILES string of the molecule is COc1cccc(-c2c(-c3cccs3)sc3nc(C)cc(NS(=O)(=O)c4cccc(Cl)c4)c23)c1. The van der Waals surface area contributed by atoms with Crippen LogP contribution < -0.4 is 9.46 Å². The zero-order valence-electron chi connectivity index (χ0n) is 18.2. The average molecular weight is 527 g/mol. The molecule has 0 fully saturated rings. The molecule has 0 atom stereocenters. The first-order valence-electron chi connectivity index (χ1n) is 10.3. The Bertz CT molecular complexity index is 1610. The number of nitrogens with one attached hydrogen (secondary N) is 1. The molecule has 5 aromatic rings. The van der Waals surface area contributed by atoms with Gasteiger partial charge in [0.25, 0.3) is 10.0 Å². The normalized spacial score (nSPS) is 11.6. The van der Waals surface area contributed by atoms with Crippen LogP contribution in [0.3, 0.4) is 0 Å². The topological polar surface area (TPSA) is 68.3 Å². The van der Waals surface area contributed by atoms with Crippen molar-refractivity contribution in [3.8, 4) is 26.6 Å². The number of nitrogens with zero attached hydrogens (tertiary/aromatic N) is 1. The summed E-state index contributed by atoms with van der Waals surface area (Å²) in [4.78, 5) is 7.71. The summed E-state index contributed by atoms with van der Waals surface area (Å²) in [5.41, 5.74) is 3.02. The van der Waals surface area contributed by atoms with E-state index < -0.39 is 10.0 Å². The quantitative estimate of drug-likeness (QED) is 0.249. The summed E-state index contributed by atoms with van der Waals surface area (Å²) in [6, 6.07) is 19.8. The Hall–Kier alpha value is -2.91. The Morgan fingerprint density at radius 3 is 2.59 bits per heavy atom. The number of fused-ring (bicyclic) bond motifs is 1. The van der Waals surface area contributed by atoms with Crippen LogP contribution in [0.5, 0.6) is 5.75 Å². The number of thiophene rings is 2. The number of aryl methyl sites for hydroxylation is 1. The van der Waals surface area contributed by atoms with E-state index in [4.69, 9.17) is 21.3 Å². The van der Waals surface area contributed by atoms with Crippen molar-refractivity contribution in [3.63, 3.8) is 0 Å². The van der Waals surface area contributed by atoms with Gasteiger partial charge in [-0.3, -0.25) is 4.72 Å². The van der Waals surface area contributed by atoms with Gasteiger partial charge >= 0.3 is 0 Å². The van der Waals surface area contributed by atoms with Gasteiger partial charge in [0, 0.05) is 26.5 Å². The van der Waals surface area contributed by atoms with E-state index in [1.54, 1.807) is 48.0 Å². The molecular formula is C25H19ClN2O3S3. The largest absolute Gasteiger partial charge is 0.497 e. The van der Waals surface area contributed by atoms with Crippen molar-refractivity contribution in [2.75, 3.05) is 11.8 Å². The lowest BCUT2D eigenvalue weighted by Crippen LogP contribution is -2.13. The smallest absolute Gasteiger partial charge is 0.261 e. The fourth-order valence-electron chi connectivity index (χ4n) is 3.77. The second-order valence-corrected chi connectivity index (χ2v) is 11.6. The molecule has 0 aliphatic carbocycles. The van der Waals surface area contributed by atoms with E-state index in [9.17, 15) is 8.42 Å². The number of pyridine rings is 1. The summed E-state index contributed by atoms with van der Waals surface area (Å²) in [7, 11) is -2.25. The average Bonchev–Trinajstić information content (AvgIpc) is 3.47. The van der Waals surface area contributed by atoms with Crippen LogP contribution in [0.15, 0.2) is 77.0 Å². The summed E-state index contributed by atoms with van der Waals surface area (Å²) in [5, 5.41) is 3.13. The lowest BCUT2D eigenvalue weighted by atomic mass is 10.0. The maximum atomic E-state index is 13.3. The molecular weight excluding hydrogens is 508 g/mol. The molecule has 0 bridgehead atoms. The van der Waals surface area contributed by atoms with Crippen LogP contribution in [0, 0.1) is 6.92 Å². The van der Waals surface area contributed by atoms with E-state index in [-0.39, 0.29) is 4.90 Å². The number of methoxy groups -OCH3 is 1. The van der Waals surface area contributed by atoms with Crippen molar-refractivity contribution < 1.29 is 13.2 Å². The van der Waals surface area contributed by atoms with Crippen LogP contribution in [0.25, 0.3) is 31.1 Å². The molecule has 2 aromatic carbocycles. The Morgan fingerprint density at radius 1 is 1.03 bits per heavy atom. The van der Waals surface area contributed by atoms with Gasteiger partial charge in [0.05, 0.1) is 22.6 Å². The predicted octanol–water partition coefficient (Wildman–Crippen LogP) is 7.46. The van der Waals surface area contributed by atoms with Crippen molar-refractivity contribution in [2.24, 2.45) is 0 Å². The Balaban J connectivity index is 1.78. The number of rotatable bonds is 6. The van der Waals surface area contributed by atoms with Crippen LogP contribution in [0.2, 0.25) is 5.02 Å². The highest BCUT2D eigenvalue weighted by Gasteiger charge is 2.24. The van der Waals surface area contributed by atoms with Gasteiger partial charge in [0.15, 0.2) is 0 Å². The second kappa shape index (κ2) is 9.03. The number of anilines is 1. The highest BCUT2D eigenvalue weighted by molar-refractivity contribution is 7.92. The molecule has 0 saturated carbocycles. The molecule has 1 N–H and O–H groups in total. The first-order chi connectivity index (χ1) is 16.4. The van der Waals surface area contributed by atoms with E-state index in [0.717, 1.165) is 36.8 Å². The minimum absolute atomic E-state index is 0.0965. The molecule has 3 aromatic heterocycles. The van der Waals surface area contributed by atoms with Crippen molar-refractivity contribution >= 4 is 60.2 Å². The van der Waals surface area contributed by atoms with Crippen molar-refractivity contribution in [3.05, 3.63) is 82.8 Å². The first kappa shape index (κ1) is 22.9. The minimum atomic E-state index is -3.88. The molecule has 5 rings (SSSR count). The third-order valence-electron chi connectivity index (χ3n) is 5.24. The number of halogens is 1. The van der Waals surface area contributed by atoms with Crippen LogP contribution >= 0.6 is 34.3 Å². The van der Waals surface area contributed by atoms with E-state index in [2.05, 4.69) is 10.8 Å². The zero-order valence-corrected chi connectivity index (χ0v) is 21.4. The van der Waals surface area contributed by atoms with Crippen molar-refractivity contribution in [2.45, 2.75) is 11.8 Å². The molecule has 0 aliphatic heterocycles. The van der Waals surface area contributed by atoms with Gasteiger partial charge in [-0.1, -0.05) is 35.9 Å². The number of benzene rings is 2. The summed E-state index contributed by atoms with van der Waals surface area (Å²) in [6.07, 6.45) is 0. The highest BCUT2D eigenvalue weighted by Crippen LogP contribution is 2.48. The first-order valence-corrected chi connectivity index (χ1v) is 13.8. The number of aromatic nitrogens is 1. The molecule has 0 unspecified atom stereocenters. The monoisotopic (exact) mass is 526 g/mol. The van der Waals surface area contributed by atoms with Gasteiger partial charge in [-0.25, -0.2) is 13.4 Å².